The van der Waals surface area contributed by atoms with Gasteiger partial charge in [0.1, 0.15) is 18.7 Å². The summed E-state index contributed by atoms with van der Waals surface area (Å²) in [4.78, 5) is 11.3. The van der Waals surface area contributed by atoms with E-state index in [1.165, 1.54) is 0 Å². The van der Waals surface area contributed by atoms with Crippen molar-refractivity contribution in [2.45, 2.75) is 18.5 Å². The molecule has 2 atom stereocenters. The van der Waals surface area contributed by atoms with Crippen molar-refractivity contribution in [3.8, 4) is 0 Å². The highest BCUT2D eigenvalue weighted by atomic mass is 16.5. The highest BCUT2D eigenvalue weighted by molar-refractivity contribution is 5.76. The van der Waals surface area contributed by atoms with E-state index < -0.39 is 0 Å². The Bertz CT molecular complexity index is 228. The highest BCUT2D eigenvalue weighted by Crippen LogP contribution is 2.23. The molecule has 0 aromatic carbocycles. The van der Waals surface area contributed by atoms with Crippen molar-refractivity contribution in [1.82, 2.24) is 5.32 Å². The minimum Gasteiger partial charge on any atom is -0.369 e. The molecule has 0 aromatic rings. The van der Waals surface area contributed by atoms with E-state index in [2.05, 4.69) is 19.4 Å². The van der Waals surface area contributed by atoms with Gasteiger partial charge in [0, 0.05) is 0 Å². The van der Waals surface area contributed by atoms with E-state index in [9.17, 15) is 4.79 Å². The second-order valence-electron chi connectivity index (χ2n) is 4.48. The monoisotopic (exact) mass is 185 g/mol. The average Bonchev–Trinajstić information content (AvgIpc) is 2.17. The third-order valence-electron chi connectivity index (χ3n) is 3.46. The molecule has 0 spiro atoms. The number of hydrogen-bond acceptors (Lipinski definition) is 2. The number of carbonyl (C=O) groups is 1. The largest absolute Gasteiger partial charge is 0.369 e. The smallest absolute Gasteiger partial charge is 0.226 e. The molecule has 0 aliphatic carbocycles. The topological polar surface area (TPSA) is 38.3 Å². The molecule has 4 heteroatoms. The zero-order valence-electron chi connectivity index (χ0n) is 8.25. The van der Waals surface area contributed by atoms with Crippen molar-refractivity contribution in [1.29, 1.82) is 0 Å². The molecular formula is C9H17N2O2+. The van der Waals surface area contributed by atoms with Crippen LogP contribution in [0.5, 0.6) is 0 Å². The van der Waals surface area contributed by atoms with Crippen LogP contribution in [0.4, 0.5) is 0 Å². The standard InChI is InChI=1S/C9H16N2O2/c1-11(2)7-3-9(12)10-4-8(11)6-13-5-7/h7-8H,3-6H2,1-2H3/p+1/t7-,8+/m0/s1. The number of hydrogen-bond donors (Lipinski definition) is 1. The minimum absolute atomic E-state index is 0.171. The van der Waals surface area contributed by atoms with Crippen molar-refractivity contribution in [3.63, 3.8) is 0 Å². The zero-order chi connectivity index (χ0) is 9.47. The molecule has 2 heterocycles. The first-order valence-electron chi connectivity index (χ1n) is 4.78. The molecule has 0 aromatic heterocycles. The van der Waals surface area contributed by atoms with Crippen LogP contribution < -0.4 is 5.32 Å². The molecule has 1 N–H and O–H groups in total. The van der Waals surface area contributed by atoms with Gasteiger partial charge in [0.05, 0.1) is 33.7 Å². The third-order valence-corrected chi connectivity index (χ3v) is 3.46. The molecule has 2 saturated heterocycles. The van der Waals surface area contributed by atoms with Crippen LogP contribution in [-0.4, -0.2) is 56.3 Å². The molecule has 2 rings (SSSR count). The molecule has 2 bridgehead atoms. The third kappa shape index (κ3) is 1.44. The Morgan fingerprint density at radius 3 is 2.85 bits per heavy atom. The van der Waals surface area contributed by atoms with Gasteiger partial charge in [-0.2, -0.15) is 0 Å². The van der Waals surface area contributed by atoms with Gasteiger partial charge >= 0.3 is 0 Å². The molecule has 2 aliphatic heterocycles. The lowest BCUT2D eigenvalue weighted by atomic mass is 10.1. The quantitative estimate of drug-likeness (QED) is 0.509. The summed E-state index contributed by atoms with van der Waals surface area (Å²) in [6, 6.07) is 0.756. The first-order chi connectivity index (χ1) is 6.10. The van der Waals surface area contributed by atoms with Crippen LogP contribution in [0, 0.1) is 0 Å². The lowest BCUT2D eigenvalue weighted by Gasteiger charge is -2.45. The molecule has 2 aliphatic rings. The van der Waals surface area contributed by atoms with E-state index >= 15 is 0 Å². The Hall–Kier alpha value is -0.610. The number of nitrogens with zero attached hydrogens (tertiary/aromatic N) is 1. The van der Waals surface area contributed by atoms with Crippen molar-refractivity contribution in [2.24, 2.45) is 0 Å². The summed E-state index contributed by atoms with van der Waals surface area (Å²) in [5, 5.41) is 2.94. The number of quaternary nitrogens is 1. The fourth-order valence-corrected chi connectivity index (χ4v) is 2.13. The normalized spacial score (nSPS) is 37.8. The van der Waals surface area contributed by atoms with Crippen LogP contribution >= 0.6 is 0 Å². The number of rotatable bonds is 0. The number of morpholine rings is 1. The molecule has 13 heavy (non-hydrogen) atoms. The first kappa shape index (κ1) is 8.97. The lowest BCUT2D eigenvalue weighted by molar-refractivity contribution is -0.944. The summed E-state index contributed by atoms with van der Waals surface area (Å²) in [5.74, 6) is 0.171. The Balaban J connectivity index is 2.24. The number of carbonyl (C=O) groups excluding carboxylic acids is 1. The van der Waals surface area contributed by atoms with Crippen LogP contribution in [-0.2, 0) is 9.53 Å². The van der Waals surface area contributed by atoms with E-state index in [0.29, 0.717) is 18.5 Å². The first-order valence-corrected chi connectivity index (χ1v) is 4.78. The van der Waals surface area contributed by atoms with Gasteiger partial charge < -0.3 is 14.5 Å². The number of ether oxygens (including phenoxy) is 1. The maximum atomic E-state index is 11.3. The fraction of sp³-hybridized carbons (Fsp3) is 0.889. The Labute approximate surface area is 78.4 Å². The van der Waals surface area contributed by atoms with Crippen molar-refractivity contribution in [3.05, 3.63) is 0 Å². The summed E-state index contributed by atoms with van der Waals surface area (Å²) in [7, 11) is 4.39. The van der Waals surface area contributed by atoms with Gasteiger partial charge in [-0.05, 0) is 0 Å². The maximum absolute atomic E-state index is 11.3. The van der Waals surface area contributed by atoms with Gasteiger partial charge in [0.2, 0.25) is 5.91 Å². The number of fused-ring (bicyclic) bond motifs is 2. The van der Waals surface area contributed by atoms with Crippen molar-refractivity contribution >= 4 is 5.91 Å². The fourth-order valence-electron chi connectivity index (χ4n) is 2.13. The molecular weight excluding hydrogens is 168 g/mol. The summed E-state index contributed by atoms with van der Waals surface area (Å²) >= 11 is 0. The van der Waals surface area contributed by atoms with E-state index in [1.54, 1.807) is 0 Å². The molecule has 74 valence electrons. The van der Waals surface area contributed by atoms with Gasteiger partial charge in [-0.1, -0.05) is 0 Å². The Morgan fingerprint density at radius 1 is 1.38 bits per heavy atom. The van der Waals surface area contributed by atoms with Crippen LogP contribution in [0.2, 0.25) is 0 Å². The number of nitrogens with one attached hydrogen (secondary N) is 1. The molecule has 0 saturated carbocycles. The van der Waals surface area contributed by atoms with Gasteiger partial charge in [-0.25, -0.2) is 0 Å². The van der Waals surface area contributed by atoms with Gasteiger partial charge in [0.15, 0.2) is 0 Å². The second-order valence-corrected chi connectivity index (χ2v) is 4.48. The Kier molecular flexibility index (Phi) is 2.04. The van der Waals surface area contributed by atoms with Gasteiger partial charge in [-0.15, -0.1) is 0 Å². The second kappa shape index (κ2) is 2.96. The number of likely N-dealkylation sites (N-methyl/N-ethyl adjacent to an activating group) is 1. The summed E-state index contributed by atoms with van der Waals surface area (Å²) in [6.45, 7) is 2.24. The average molecular weight is 185 g/mol. The predicted molar refractivity (Wildman–Crippen MR) is 48.1 cm³/mol. The van der Waals surface area contributed by atoms with Crippen molar-refractivity contribution < 1.29 is 14.0 Å². The predicted octanol–water partition coefficient (Wildman–Crippen LogP) is -0.650. The molecule has 0 unspecified atom stereocenters. The SMILES string of the molecule is C[N+]1(C)[C@@H]2CNC(=O)C[C@H]1COC2. The van der Waals surface area contributed by atoms with Crippen LogP contribution in [0.3, 0.4) is 0 Å². The van der Waals surface area contributed by atoms with E-state index in [4.69, 9.17) is 4.74 Å². The lowest BCUT2D eigenvalue weighted by Crippen LogP contribution is -2.63. The molecule has 0 radical (unpaired) electrons. The van der Waals surface area contributed by atoms with E-state index in [1.807, 2.05) is 0 Å². The van der Waals surface area contributed by atoms with Crippen LogP contribution in [0.25, 0.3) is 0 Å². The number of amides is 1. The minimum atomic E-state index is 0.171. The summed E-state index contributed by atoms with van der Waals surface area (Å²) in [5.41, 5.74) is 0. The Morgan fingerprint density at radius 2 is 2.08 bits per heavy atom. The zero-order valence-corrected chi connectivity index (χ0v) is 8.25. The van der Waals surface area contributed by atoms with Crippen LogP contribution in [0.1, 0.15) is 6.42 Å². The molecule has 4 nitrogen and oxygen atoms in total. The van der Waals surface area contributed by atoms with Crippen LogP contribution in [0.15, 0.2) is 0 Å². The highest BCUT2D eigenvalue weighted by Gasteiger charge is 2.43. The summed E-state index contributed by atoms with van der Waals surface area (Å²) < 4.78 is 6.41. The van der Waals surface area contributed by atoms with E-state index in [0.717, 1.165) is 24.2 Å². The van der Waals surface area contributed by atoms with E-state index in [-0.39, 0.29) is 5.91 Å². The summed E-state index contributed by atoms with van der Waals surface area (Å²) in [6.07, 6.45) is 0.601. The van der Waals surface area contributed by atoms with Gasteiger partial charge in [0.25, 0.3) is 0 Å². The van der Waals surface area contributed by atoms with Gasteiger partial charge in [-0.3, -0.25) is 4.79 Å². The van der Waals surface area contributed by atoms with Crippen molar-refractivity contribution in [2.75, 3.05) is 33.9 Å². The maximum Gasteiger partial charge on any atom is 0.226 e. The molecule has 1 amide bonds. The molecule has 2 fully saturated rings.